The number of halogens is 3. The van der Waals surface area contributed by atoms with Gasteiger partial charge in [0.05, 0.1) is 5.69 Å². The topological polar surface area (TPSA) is 83.7 Å². The minimum Gasteiger partial charge on any atom is -0.406 e. The molecule has 3 aromatic rings. The summed E-state index contributed by atoms with van der Waals surface area (Å²) in [4.78, 5) is 19.1. The average molecular weight is 352 g/mol. The van der Waals surface area contributed by atoms with Gasteiger partial charge in [-0.1, -0.05) is 26.0 Å². The van der Waals surface area contributed by atoms with Crippen LogP contribution in [0.5, 0.6) is 5.75 Å². The average Bonchev–Trinajstić information content (AvgIpc) is 2.90. The fourth-order valence-corrected chi connectivity index (χ4v) is 2.51. The van der Waals surface area contributed by atoms with Crippen molar-refractivity contribution in [2.24, 2.45) is 0 Å². The number of aromatic amines is 2. The maximum atomic E-state index is 12.3. The van der Waals surface area contributed by atoms with Crippen molar-refractivity contribution < 1.29 is 17.9 Å². The highest BCUT2D eigenvalue weighted by atomic mass is 19.4. The Labute approximate surface area is 140 Å². The molecule has 6 nitrogen and oxygen atoms in total. The molecule has 1 aromatic carbocycles. The van der Waals surface area contributed by atoms with Crippen LogP contribution in [-0.2, 0) is 6.42 Å². The molecule has 2 heterocycles. The van der Waals surface area contributed by atoms with E-state index in [0.29, 0.717) is 16.9 Å². The van der Waals surface area contributed by atoms with Gasteiger partial charge in [-0.05, 0) is 23.6 Å². The second-order valence-electron chi connectivity index (χ2n) is 5.87. The number of benzene rings is 1. The van der Waals surface area contributed by atoms with Gasteiger partial charge in [0.1, 0.15) is 17.1 Å². The number of hydrogen-bond acceptors (Lipinski definition) is 4. The molecule has 2 aromatic heterocycles. The number of fused-ring (bicyclic) bond motifs is 1. The summed E-state index contributed by atoms with van der Waals surface area (Å²) in [6.45, 7) is 3.88. The lowest BCUT2D eigenvalue weighted by atomic mass is 10.1. The highest BCUT2D eigenvalue weighted by molar-refractivity contribution is 5.76. The Morgan fingerprint density at radius 1 is 1.24 bits per heavy atom. The van der Waals surface area contributed by atoms with Crippen molar-refractivity contribution in [3.05, 3.63) is 51.7 Å². The molecule has 0 unspecified atom stereocenters. The van der Waals surface area contributed by atoms with Gasteiger partial charge < -0.3 is 9.72 Å². The molecule has 9 heteroatoms. The van der Waals surface area contributed by atoms with Gasteiger partial charge >= 0.3 is 6.36 Å². The largest absolute Gasteiger partial charge is 0.573 e. The van der Waals surface area contributed by atoms with Crippen molar-refractivity contribution in [3.63, 3.8) is 0 Å². The summed E-state index contributed by atoms with van der Waals surface area (Å²) < 4.78 is 40.9. The summed E-state index contributed by atoms with van der Waals surface area (Å²) >= 11 is 0. The number of nitrogens with zero attached hydrogens (tertiary/aromatic N) is 2. The molecule has 0 atom stereocenters. The third-order valence-corrected chi connectivity index (χ3v) is 3.57. The molecule has 0 amide bonds. The zero-order chi connectivity index (χ0) is 18.2. The van der Waals surface area contributed by atoms with E-state index in [1.54, 1.807) is 6.07 Å². The molecule has 0 aliphatic heterocycles. The Morgan fingerprint density at radius 2 is 2.00 bits per heavy atom. The van der Waals surface area contributed by atoms with E-state index < -0.39 is 11.9 Å². The zero-order valence-corrected chi connectivity index (χ0v) is 13.4. The van der Waals surface area contributed by atoms with Gasteiger partial charge in [0.25, 0.3) is 5.56 Å². The zero-order valence-electron chi connectivity index (χ0n) is 13.4. The molecule has 0 aliphatic rings. The van der Waals surface area contributed by atoms with Gasteiger partial charge in [-0.25, -0.2) is 4.98 Å². The predicted octanol–water partition coefficient (Wildman–Crippen LogP) is 3.26. The molecule has 0 radical (unpaired) electrons. The van der Waals surface area contributed by atoms with Crippen LogP contribution in [0, 0.1) is 0 Å². The van der Waals surface area contributed by atoms with E-state index >= 15 is 0 Å². The van der Waals surface area contributed by atoms with E-state index in [0.717, 1.165) is 5.69 Å². The maximum Gasteiger partial charge on any atom is 0.573 e. The Morgan fingerprint density at radius 3 is 2.68 bits per heavy atom. The van der Waals surface area contributed by atoms with Gasteiger partial charge in [0.15, 0.2) is 5.52 Å². The van der Waals surface area contributed by atoms with Crippen molar-refractivity contribution >= 4 is 11.0 Å². The molecule has 25 heavy (non-hydrogen) atoms. The van der Waals surface area contributed by atoms with Crippen LogP contribution in [-0.4, -0.2) is 26.5 Å². The number of alkyl halides is 3. The van der Waals surface area contributed by atoms with E-state index in [4.69, 9.17) is 0 Å². The first-order valence-electron chi connectivity index (χ1n) is 7.55. The first-order valence-corrected chi connectivity index (χ1v) is 7.55. The summed E-state index contributed by atoms with van der Waals surface area (Å²) in [5.41, 5.74) is 1.54. The van der Waals surface area contributed by atoms with Crippen LogP contribution in [0.4, 0.5) is 13.2 Å². The van der Waals surface area contributed by atoms with Crippen LogP contribution in [0.3, 0.4) is 0 Å². The summed E-state index contributed by atoms with van der Waals surface area (Å²) in [7, 11) is 0. The van der Waals surface area contributed by atoms with Crippen molar-refractivity contribution in [3.8, 4) is 5.75 Å². The molecule has 0 aliphatic carbocycles. The molecule has 132 valence electrons. The normalized spacial score (nSPS) is 12.1. The fourth-order valence-electron chi connectivity index (χ4n) is 2.51. The number of nitrogens with one attached hydrogen (secondary N) is 2. The van der Waals surface area contributed by atoms with Crippen molar-refractivity contribution in [1.29, 1.82) is 0 Å². The molecule has 0 bridgehead atoms. The van der Waals surface area contributed by atoms with Crippen LogP contribution >= 0.6 is 0 Å². The number of ether oxygens (including phenoxy) is 1. The van der Waals surface area contributed by atoms with Crippen LogP contribution in [0.2, 0.25) is 0 Å². The summed E-state index contributed by atoms with van der Waals surface area (Å²) in [5.74, 6) is 0.111. The minimum atomic E-state index is -4.76. The Balaban J connectivity index is 1.94. The quantitative estimate of drug-likeness (QED) is 0.755. The molecule has 0 spiro atoms. The molecule has 0 saturated carbocycles. The van der Waals surface area contributed by atoms with Gasteiger partial charge in [-0.15, -0.1) is 13.2 Å². The lowest BCUT2D eigenvalue weighted by Gasteiger charge is -2.10. The van der Waals surface area contributed by atoms with Gasteiger partial charge in [0.2, 0.25) is 0 Å². The first kappa shape index (κ1) is 17.0. The highest BCUT2D eigenvalue weighted by Crippen LogP contribution is 2.24. The molecule has 0 fully saturated rings. The maximum absolute atomic E-state index is 12.3. The minimum absolute atomic E-state index is 0.0932. The van der Waals surface area contributed by atoms with Gasteiger partial charge in [-0.3, -0.25) is 9.89 Å². The first-order chi connectivity index (χ1) is 11.7. The SMILES string of the molecule is CC(C)c1[nH]nc2c(=O)[nH]c(Cc3cccc(OC(F)(F)F)c3)nc12. The summed E-state index contributed by atoms with van der Waals surface area (Å²) in [6.07, 6.45) is -4.60. The van der Waals surface area contributed by atoms with E-state index in [2.05, 4.69) is 24.9 Å². The molecule has 0 saturated heterocycles. The second-order valence-corrected chi connectivity index (χ2v) is 5.87. The Bertz CT molecular complexity index is 960. The smallest absolute Gasteiger partial charge is 0.406 e. The van der Waals surface area contributed by atoms with Gasteiger partial charge in [-0.2, -0.15) is 5.10 Å². The third kappa shape index (κ3) is 3.81. The third-order valence-electron chi connectivity index (χ3n) is 3.57. The molecule has 2 N–H and O–H groups in total. The number of H-pyrrole nitrogens is 2. The van der Waals surface area contributed by atoms with Crippen molar-refractivity contribution in [2.75, 3.05) is 0 Å². The summed E-state index contributed by atoms with van der Waals surface area (Å²) in [5, 5.41) is 6.77. The lowest BCUT2D eigenvalue weighted by molar-refractivity contribution is -0.274. The van der Waals surface area contributed by atoms with E-state index in [1.807, 2.05) is 13.8 Å². The van der Waals surface area contributed by atoms with E-state index in [9.17, 15) is 18.0 Å². The van der Waals surface area contributed by atoms with Crippen molar-refractivity contribution in [1.82, 2.24) is 20.2 Å². The van der Waals surface area contributed by atoms with Crippen LogP contribution in [0.1, 0.15) is 36.8 Å². The number of rotatable bonds is 4. The fraction of sp³-hybridized carbons (Fsp3) is 0.312. The molecular formula is C16H15F3N4O2. The van der Waals surface area contributed by atoms with Gasteiger partial charge in [0, 0.05) is 6.42 Å². The number of aromatic nitrogens is 4. The standard InChI is InChI=1S/C16H15F3N4O2/c1-8(2)12-13-14(23-22-12)15(24)21-11(20-13)7-9-4-3-5-10(6-9)25-16(17,18)19/h3-6,8H,7H2,1-2H3,(H,22,23)(H,20,21,24). The molecule has 3 rings (SSSR count). The highest BCUT2D eigenvalue weighted by Gasteiger charge is 2.31. The van der Waals surface area contributed by atoms with E-state index in [1.165, 1.54) is 18.2 Å². The van der Waals surface area contributed by atoms with Crippen LogP contribution in [0.25, 0.3) is 11.0 Å². The van der Waals surface area contributed by atoms with Crippen LogP contribution in [0.15, 0.2) is 29.1 Å². The Hall–Kier alpha value is -2.84. The lowest BCUT2D eigenvalue weighted by Crippen LogP contribution is -2.17. The Kier molecular flexibility index (Phi) is 4.23. The van der Waals surface area contributed by atoms with Crippen LogP contribution < -0.4 is 10.3 Å². The number of hydrogen-bond donors (Lipinski definition) is 2. The second kappa shape index (κ2) is 6.23. The summed E-state index contributed by atoms with van der Waals surface area (Å²) in [6, 6.07) is 5.55. The van der Waals surface area contributed by atoms with E-state index in [-0.39, 0.29) is 23.6 Å². The van der Waals surface area contributed by atoms with Crippen molar-refractivity contribution in [2.45, 2.75) is 32.5 Å². The predicted molar refractivity (Wildman–Crippen MR) is 84.5 cm³/mol. The molecular weight excluding hydrogens is 337 g/mol. The monoisotopic (exact) mass is 352 g/mol.